The van der Waals surface area contributed by atoms with E-state index >= 15 is 0 Å². The number of urea groups is 1. The van der Waals surface area contributed by atoms with E-state index in [9.17, 15) is 4.79 Å². The van der Waals surface area contributed by atoms with E-state index in [4.69, 9.17) is 4.74 Å². The number of carbonyl (C=O) groups excluding carboxylic acids is 1. The van der Waals surface area contributed by atoms with Crippen LogP contribution in [-0.4, -0.2) is 28.6 Å². The lowest BCUT2D eigenvalue weighted by Crippen LogP contribution is -2.39. The Kier molecular flexibility index (Phi) is 5.35. The van der Waals surface area contributed by atoms with E-state index in [1.54, 1.807) is 17.5 Å². The van der Waals surface area contributed by atoms with Gasteiger partial charge in [0.1, 0.15) is 0 Å². The SMILES string of the molecule is CC(C)Oc1ncccc1CNC(=O)N1CCC[C@@H]1c1ccsc1. The largest absolute Gasteiger partial charge is 0.475 e. The van der Waals surface area contributed by atoms with Gasteiger partial charge in [0.15, 0.2) is 0 Å². The maximum atomic E-state index is 12.6. The van der Waals surface area contributed by atoms with Crippen molar-refractivity contribution in [3.05, 3.63) is 46.3 Å². The van der Waals surface area contributed by atoms with E-state index in [-0.39, 0.29) is 18.2 Å². The van der Waals surface area contributed by atoms with Crippen molar-refractivity contribution < 1.29 is 9.53 Å². The highest BCUT2D eigenvalue weighted by atomic mass is 32.1. The first kappa shape index (κ1) is 16.8. The lowest BCUT2D eigenvalue weighted by atomic mass is 10.1. The fourth-order valence-electron chi connectivity index (χ4n) is 2.98. The van der Waals surface area contributed by atoms with Crippen molar-refractivity contribution in [2.75, 3.05) is 6.54 Å². The maximum Gasteiger partial charge on any atom is 0.318 e. The molecule has 0 radical (unpaired) electrons. The van der Waals surface area contributed by atoms with Crippen LogP contribution >= 0.6 is 11.3 Å². The molecular formula is C18H23N3O2S. The Morgan fingerprint density at radius 1 is 1.50 bits per heavy atom. The maximum absolute atomic E-state index is 12.6. The van der Waals surface area contributed by atoms with E-state index in [2.05, 4.69) is 27.1 Å². The first-order chi connectivity index (χ1) is 11.6. The summed E-state index contributed by atoms with van der Waals surface area (Å²) in [5, 5.41) is 7.21. The zero-order valence-corrected chi connectivity index (χ0v) is 14.9. The van der Waals surface area contributed by atoms with Gasteiger partial charge in [0.2, 0.25) is 5.88 Å². The molecule has 2 aromatic heterocycles. The molecule has 2 aromatic rings. The molecule has 128 valence electrons. The van der Waals surface area contributed by atoms with Gasteiger partial charge in [-0.3, -0.25) is 0 Å². The Bertz CT molecular complexity index is 673. The number of nitrogens with zero attached hydrogens (tertiary/aromatic N) is 2. The van der Waals surface area contributed by atoms with Crippen molar-refractivity contribution in [2.24, 2.45) is 0 Å². The summed E-state index contributed by atoms with van der Waals surface area (Å²) >= 11 is 1.67. The number of ether oxygens (including phenoxy) is 1. The van der Waals surface area contributed by atoms with Crippen LogP contribution < -0.4 is 10.1 Å². The van der Waals surface area contributed by atoms with Gasteiger partial charge in [-0.25, -0.2) is 9.78 Å². The number of carbonyl (C=O) groups is 1. The van der Waals surface area contributed by atoms with Crippen LogP contribution in [-0.2, 0) is 6.54 Å². The second-order valence-electron chi connectivity index (χ2n) is 6.20. The third-order valence-corrected chi connectivity index (χ3v) is 4.77. The quantitative estimate of drug-likeness (QED) is 0.892. The number of hydrogen-bond acceptors (Lipinski definition) is 4. The molecule has 3 heterocycles. The summed E-state index contributed by atoms with van der Waals surface area (Å²) < 4.78 is 5.71. The van der Waals surface area contributed by atoms with Crippen molar-refractivity contribution in [3.8, 4) is 5.88 Å². The van der Waals surface area contributed by atoms with Crippen molar-refractivity contribution in [3.63, 3.8) is 0 Å². The highest BCUT2D eigenvalue weighted by Crippen LogP contribution is 2.33. The average Bonchev–Trinajstić information content (AvgIpc) is 3.23. The van der Waals surface area contributed by atoms with Crippen LogP contribution in [0.25, 0.3) is 0 Å². The highest BCUT2D eigenvalue weighted by molar-refractivity contribution is 7.07. The fraction of sp³-hybridized carbons (Fsp3) is 0.444. The van der Waals surface area contributed by atoms with Crippen LogP contribution in [0.2, 0.25) is 0 Å². The standard InChI is InChI=1S/C18H23N3O2S/c1-13(2)23-17-14(5-3-8-19-17)11-20-18(22)21-9-4-6-16(21)15-7-10-24-12-15/h3,5,7-8,10,12-13,16H,4,6,9,11H2,1-2H3,(H,20,22)/t16-/m1/s1. The predicted octanol–water partition coefficient (Wildman–Crippen LogP) is 3.98. The topological polar surface area (TPSA) is 54.5 Å². The van der Waals surface area contributed by atoms with Gasteiger partial charge >= 0.3 is 6.03 Å². The Labute approximate surface area is 146 Å². The van der Waals surface area contributed by atoms with Gasteiger partial charge in [-0.2, -0.15) is 11.3 Å². The van der Waals surface area contributed by atoms with Crippen molar-refractivity contribution >= 4 is 17.4 Å². The first-order valence-electron chi connectivity index (χ1n) is 8.32. The van der Waals surface area contributed by atoms with Crippen LogP contribution in [0.15, 0.2) is 35.2 Å². The van der Waals surface area contributed by atoms with Crippen LogP contribution in [0.4, 0.5) is 4.79 Å². The van der Waals surface area contributed by atoms with Crippen molar-refractivity contribution in [1.29, 1.82) is 0 Å². The third-order valence-electron chi connectivity index (χ3n) is 4.07. The smallest absolute Gasteiger partial charge is 0.318 e. The summed E-state index contributed by atoms with van der Waals surface area (Å²) in [4.78, 5) is 18.8. The molecule has 0 saturated carbocycles. The first-order valence-corrected chi connectivity index (χ1v) is 9.26. The number of amides is 2. The van der Waals surface area contributed by atoms with E-state index in [0.29, 0.717) is 12.4 Å². The zero-order valence-electron chi connectivity index (χ0n) is 14.1. The highest BCUT2D eigenvalue weighted by Gasteiger charge is 2.30. The molecule has 1 saturated heterocycles. The van der Waals surface area contributed by atoms with Gasteiger partial charge in [0.25, 0.3) is 0 Å². The molecule has 1 fully saturated rings. The Morgan fingerprint density at radius 2 is 2.38 bits per heavy atom. The lowest BCUT2D eigenvalue weighted by Gasteiger charge is -2.24. The monoisotopic (exact) mass is 345 g/mol. The van der Waals surface area contributed by atoms with Crippen LogP contribution in [0.5, 0.6) is 5.88 Å². The number of hydrogen-bond donors (Lipinski definition) is 1. The molecule has 5 nitrogen and oxygen atoms in total. The van der Waals surface area contributed by atoms with Gasteiger partial charge in [-0.05, 0) is 55.1 Å². The van der Waals surface area contributed by atoms with E-state index in [0.717, 1.165) is 24.9 Å². The molecule has 0 aromatic carbocycles. The third kappa shape index (κ3) is 3.87. The molecule has 1 aliphatic heterocycles. The van der Waals surface area contributed by atoms with Gasteiger partial charge in [0, 0.05) is 24.8 Å². The van der Waals surface area contributed by atoms with Crippen molar-refractivity contribution in [2.45, 2.75) is 45.4 Å². The number of rotatable bonds is 5. The molecule has 1 atom stereocenters. The van der Waals surface area contributed by atoms with Gasteiger partial charge in [-0.1, -0.05) is 6.07 Å². The minimum atomic E-state index is -0.0250. The van der Waals surface area contributed by atoms with Gasteiger partial charge in [-0.15, -0.1) is 0 Å². The van der Waals surface area contributed by atoms with Crippen LogP contribution in [0, 0.1) is 0 Å². The molecule has 0 unspecified atom stereocenters. The Morgan fingerprint density at radius 3 is 3.12 bits per heavy atom. The normalized spacial score (nSPS) is 17.3. The molecular weight excluding hydrogens is 322 g/mol. The molecule has 3 rings (SSSR count). The second-order valence-corrected chi connectivity index (χ2v) is 6.98. The summed E-state index contributed by atoms with van der Waals surface area (Å²) in [7, 11) is 0. The lowest BCUT2D eigenvalue weighted by molar-refractivity contribution is 0.192. The molecule has 24 heavy (non-hydrogen) atoms. The van der Waals surface area contributed by atoms with E-state index in [1.165, 1.54) is 5.56 Å². The molecule has 1 aliphatic rings. The summed E-state index contributed by atoms with van der Waals surface area (Å²) in [6.45, 7) is 5.15. The molecule has 2 amide bonds. The minimum Gasteiger partial charge on any atom is -0.475 e. The van der Waals surface area contributed by atoms with Gasteiger partial charge < -0.3 is 15.0 Å². The molecule has 0 aliphatic carbocycles. The summed E-state index contributed by atoms with van der Waals surface area (Å²) in [6.07, 6.45) is 3.83. The summed E-state index contributed by atoms with van der Waals surface area (Å²) in [5.74, 6) is 0.587. The average molecular weight is 345 g/mol. The zero-order chi connectivity index (χ0) is 16.9. The van der Waals surface area contributed by atoms with Crippen LogP contribution in [0.1, 0.15) is 43.9 Å². The Balaban J connectivity index is 1.63. The van der Waals surface area contributed by atoms with Crippen LogP contribution in [0.3, 0.4) is 0 Å². The minimum absolute atomic E-state index is 0.0250. The Hall–Kier alpha value is -2.08. The number of pyridine rings is 1. The van der Waals surface area contributed by atoms with Gasteiger partial charge in [0.05, 0.1) is 12.1 Å². The number of nitrogens with one attached hydrogen (secondary N) is 1. The molecule has 1 N–H and O–H groups in total. The second kappa shape index (κ2) is 7.66. The molecule has 0 spiro atoms. The van der Waals surface area contributed by atoms with E-state index < -0.39 is 0 Å². The number of aromatic nitrogens is 1. The summed E-state index contributed by atoms with van der Waals surface area (Å²) in [5.41, 5.74) is 2.13. The number of thiophene rings is 1. The molecule has 0 bridgehead atoms. The predicted molar refractivity (Wildman–Crippen MR) is 95.2 cm³/mol. The van der Waals surface area contributed by atoms with E-state index in [1.807, 2.05) is 30.9 Å². The van der Waals surface area contributed by atoms with Crippen molar-refractivity contribution in [1.82, 2.24) is 15.2 Å². The fourth-order valence-corrected chi connectivity index (χ4v) is 3.69. The molecule has 6 heteroatoms. The number of likely N-dealkylation sites (tertiary alicyclic amines) is 1. The summed E-state index contributed by atoms with van der Waals surface area (Å²) in [6, 6.07) is 6.07.